The fourth-order valence-corrected chi connectivity index (χ4v) is 9.51. The van der Waals surface area contributed by atoms with Crippen LogP contribution in [-0.2, 0) is 62.2 Å². The summed E-state index contributed by atoms with van der Waals surface area (Å²) in [5.41, 5.74) is -0.0429. The van der Waals surface area contributed by atoms with Crippen molar-refractivity contribution in [2.75, 3.05) is 30.9 Å². The summed E-state index contributed by atoms with van der Waals surface area (Å²) in [7, 11) is -2.53. The van der Waals surface area contributed by atoms with Crippen molar-refractivity contribution in [3.8, 4) is 0 Å². The van der Waals surface area contributed by atoms with Gasteiger partial charge in [-0.05, 0) is 91.0 Å². The molecule has 5 atom stereocenters. The largest absolute Gasteiger partial charge is 0.460 e. The van der Waals surface area contributed by atoms with E-state index in [1.54, 1.807) is 33.8 Å². The highest BCUT2D eigenvalue weighted by Crippen LogP contribution is 2.47. The number of esters is 1. The van der Waals surface area contributed by atoms with E-state index in [0.717, 1.165) is 28.8 Å². The van der Waals surface area contributed by atoms with Crippen LogP contribution in [0, 0.1) is 17.2 Å². The van der Waals surface area contributed by atoms with Crippen molar-refractivity contribution in [2.45, 2.75) is 114 Å². The van der Waals surface area contributed by atoms with Gasteiger partial charge in [0.1, 0.15) is 36.2 Å². The molecule has 2 aromatic rings. The Morgan fingerprint density at radius 1 is 1.05 bits per heavy atom. The minimum atomic E-state index is -3.96. The average molecular weight is 886 g/mol. The van der Waals surface area contributed by atoms with Gasteiger partial charge in [0.25, 0.3) is 11.8 Å². The van der Waals surface area contributed by atoms with Crippen molar-refractivity contribution < 1.29 is 55.0 Å². The Hall–Kier alpha value is -5.23. The van der Waals surface area contributed by atoms with Gasteiger partial charge in [-0.25, -0.2) is 12.8 Å². The van der Waals surface area contributed by atoms with E-state index in [-0.39, 0.29) is 44.0 Å². The molecule has 5 unspecified atom stereocenters. The highest BCUT2D eigenvalue weighted by atomic mass is 32.2. The molecule has 2 aromatic carbocycles. The Balaban J connectivity index is 1.22. The molecule has 4 amide bonds. The minimum Gasteiger partial charge on any atom is -0.460 e. The molecule has 1 saturated heterocycles. The summed E-state index contributed by atoms with van der Waals surface area (Å²) in [5.74, 6) is -8.22. The maximum absolute atomic E-state index is 14.8. The predicted octanol–water partition coefficient (Wildman–Crippen LogP) is 5.04. The molecule has 4 aliphatic rings. The van der Waals surface area contributed by atoms with Crippen molar-refractivity contribution in [1.82, 2.24) is 14.9 Å². The molecule has 0 spiro atoms. The molecule has 6 rings (SSSR count). The number of halogens is 3. The Labute approximate surface area is 359 Å². The first-order valence-corrected chi connectivity index (χ1v) is 22.2. The number of anilines is 2. The Morgan fingerprint density at radius 2 is 1.77 bits per heavy atom. The third kappa shape index (κ3) is 10.5. The summed E-state index contributed by atoms with van der Waals surface area (Å²) in [6.07, 6.45) is 3.37. The molecule has 62 heavy (non-hydrogen) atoms. The normalized spacial score (nSPS) is 22.7. The van der Waals surface area contributed by atoms with E-state index in [9.17, 15) is 45.6 Å². The fraction of sp³-hybridized carbons (Fsp3) is 0.523. The summed E-state index contributed by atoms with van der Waals surface area (Å²) >= 11 is 0. The molecule has 3 aliphatic carbocycles. The summed E-state index contributed by atoms with van der Waals surface area (Å²) in [6, 6.07) is 5.55. The quantitative estimate of drug-likeness (QED) is 0.124. The number of nitrogens with one attached hydrogen (secondary N) is 4. The van der Waals surface area contributed by atoms with Gasteiger partial charge in [0.15, 0.2) is 0 Å². The van der Waals surface area contributed by atoms with Crippen LogP contribution in [0.3, 0.4) is 0 Å². The van der Waals surface area contributed by atoms with Gasteiger partial charge in [0.05, 0.1) is 18.2 Å². The van der Waals surface area contributed by atoms with Crippen LogP contribution in [0.5, 0.6) is 0 Å². The Bertz CT molecular complexity index is 2280. The number of benzene rings is 2. The number of allylic oxidation sites excluding steroid dienone is 2. The number of rotatable bonds is 17. The molecule has 2 saturated carbocycles. The van der Waals surface area contributed by atoms with E-state index in [2.05, 4.69) is 27.3 Å². The van der Waals surface area contributed by atoms with Gasteiger partial charge >= 0.3 is 5.97 Å². The smallest absolute Gasteiger partial charge is 0.310 e. The summed E-state index contributed by atoms with van der Waals surface area (Å²) in [5, 5.41) is 7.74. The molecule has 0 bridgehead atoms. The zero-order valence-corrected chi connectivity index (χ0v) is 36.3. The van der Waals surface area contributed by atoms with Crippen LogP contribution in [0.2, 0.25) is 0 Å². The molecule has 0 aromatic heterocycles. The van der Waals surface area contributed by atoms with Crippen LogP contribution in [-0.4, -0.2) is 92.2 Å². The second-order valence-electron chi connectivity index (χ2n) is 17.7. The maximum atomic E-state index is 14.8. The molecular weight excluding hydrogens is 832 g/mol. The monoisotopic (exact) mass is 885 g/mol. The number of likely N-dealkylation sites (tertiary alicyclic amines) is 1. The van der Waals surface area contributed by atoms with Gasteiger partial charge in [-0.15, -0.1) is 0 Å². The number of hydrogen-bond acceptors (Lipinski definition) is 10. The molecule has 14 nitrogen and oxygen atoms in total. The van der Waals surface area contributed by atoms with Crippen LogP contribution in [0.4, 0.5) is 24.5 Å². The molecule has 4 N–H and O–H groups in total. The average Bonchev–Trinajstić information content (AvgIpc) is 4.13. The van der Waals surface area contributed by atoms with Gasteiger partial charge in [0.2, 0.25) is 27.7 Å². The highest BCUT2D eigenvalue weighted by Gasteiger charge is 2.62. The fourth-order valence-electron chi connectivity index (χ4n) is 8.15. The third-order valence-electron chi connectivity index (χ3n) is 11.8. The first-order chi connectivity index (χ1) is 29.1. The number of ether oxygens (including phenoxy) is 2. The lowest BCUT2D eigenvalue weighted by Crippen LogP contribution is -2.58. The number of amides is 4. The minimum absolute atomic E-state index is 0.0878. The first-order valence-electron chi connectivity index (χ1n) is 20.6. The lowest BCUT2D eigenvalue weighted by molar-refractivity contribution is -0.148. The molecule has 336 valence electrons. The van der Waals surface area contributed by atoms with Crippen LogP contribution in [0.15, 0.2) is 60.7 Å². The lowest BCUT2D eigenvalue weighted by Gasteiger charge is -2.36. The van der Waals surface area contributed by atoms with E-state index in [1.807, 2.05) is 18.2 Å². The van der Waals surface area contributed by atoms with Gasteiger partial charge < -0.3 is 30.3 Å². The molecule has 0 radical (unpaired) electrons. The number of fused-ring (bicyclic) bond motifs is 1. The van der Waals surface area contributed by atoms with Crippen molar-refractivity contribution in [2.24, 2.45) is 11.3 Å². The van der Waals surface area contributed by atoms with E-state index in [1.165, 1.54) is 12.0 Å². The second-order valence-corrected chi connectivity index (χ2v) is 19.6. The molecule has 3 fully saturated rings. The predicted molar refractivity (Wildman–Crippen MR) is 224 cm³/mol. The number of carbonyl (C=O) groups is 5. The van der Waals surface area contributed by atoms with Crippen molar-refractivity contribution in [3.05, 3.63) is 83.2 Å². The summed E-state index contributed by atoms with van der Waals surface area (Å²) < 4.78 is 82.5. The zero-order valence-electron chi connectivity index (χ0n) is 35.4. The number of alkyl halides is 2. The Kier molecular flexibility index (Phi) is 13.3. The zero-order chi connectivity index (χ0) is 45.4. The first kappa shape index (κ1) is 46.3. The molecule has 1 aliphatic heterocycles. The number of carbonyl (C=O) groups excluding carboxylic acids is 5. The van der Waals surface area contributed by atoms with E-state index < -0.39 is 91.3 Å². The van der Waals surface area contributed by atoms with Gasteiger partial charge in [0, 0.05) is 30.5 Å². The van der Waals surface area contributed by atoms with Crippen molar-refractivity contribution >= 4 is 51.0 Å². The van der Waals surface area contributed by atoms with Gasteiger partial charge in [-0.2, -0.15) is 8.78 Å². The summed E-state index contributed by atoms with van der Waals surface area (Å²) in [6.45, 7) is 9.65. The van der Waals surface area contributed by atoms with E-state index in [0.29, 0.717) is 49.9 Å². The molecule has 18 heteroatoms. The summed E-state index contributed by atoms with van der Waals surface area (Å²) in [4.78, 5) is 69.4. The van der Waals surface area contributed by atoms with E-state index >= 15 is 0 Å². The number of sulfonamides is 1. The third-order valence-corrected chi connectivity index (χ3v) is 13.6. The maximum Gasteiger partial charge on any atom is 0.310 e. The van der Waals surface area contributed by atoms with Gasteiger partial charge in [-0.3, -0.25) is 28.7 Å². The standard InChI is InChI=1S/C44H54F3N5O9S/c1-7-28-22-43(28,41(57)51-62(58,59)34-13-14-34)50-39(55)35-21-33(61-37(54)16-25-9-10-27-17-31(12-11-26(27)15-25)48-36(53)24-60-6)23-52(35)40(56)38(42(3,4)5)49-32-19-29(18-30(45)20-32)44(46,47)8-2/h8-9,11-12,17-20,28,33-35,38,49H,2,7,10,13-16,21-24H2,1,3-6H3,(H,48,53)(H,50,55)(H,51,57). The SMILES string of the molecule is C=CC(F)(F)c1cc(F)cc(NC(C(=O)N2CC(OC(=O)CC3=CCc4cc(NC(=O)COC)ccc4C3)CC2C(=O)NC2(C(=O)NS(=O)(=O)C3CC3)CC2CC)C(C)(C)C)c1. The number of hydrogen-bond donors (Lipinski definition) is 4. The topological polar surface area (TPSA) is 189 Å². The lowest BCUT2D eigenvalue weighted by atomic mass is 9.85. The Morgan fingerprint density at radius 3 is 2.40 bits per heavy atom. The molecular formula is C44H54F3N5O9S. The number of methoxy groups -OCH3 is 1. The van der Waals surface area contributed by atoms with Crippen LogP contribution in [0.25, 0.3) is 0 Å². The van der Waals surface area contributed by atoms with Crippen LogP contribution in [0.1, 0.15) is 82.9 Å². The van der Waals surface area contributed by atoms with Gasteiger partial charge in [-0.1, -0.05) is 58.4 Å². The van der Waals surface area contributed by atoms with Crippen LogP contribution >= 0.6 is 0 Å². The molecule has 1 heterocycles. The van der Waals surface area contributed by atoms with Crippen LogP contribution < -0.4 is 20.7 Å². The number of nitrogens with zero attached hydrogens (tertiary/aromatic N) is 1. The van der Waals surface area contributed by atoms with Crippen molar-refractivity contribution in [1.29, 1.82) is 0 Å². The highest BCUT2D eigenvalue weighted by molar-refractivity contribution is 7.91. The van der Waals surface area contributed by atoms with Crippen molar-refractivity contribution in [3.63, 3.8) is 0 Å². The van der Waals surface area contributed by atoms with E-state index in [4.69, 9.17) is 9.47 Å². The second kappa shape index (κ2) is 17.9.